The van der Waals surface area contributed by atoms with E-state index in [4.69, 9.17) is 14.9 Å². The molecule has 142 valence electrons. The lowest BCUT2D eigenvalue weighted by Crippen LogP contribution is -2.27. The predicted molar refractivity (Wildman–Crippen MR) is 99.1 cm³/mol. The molecule has 1 aliphatic rings. The van der Waals surface area contributed by atoms with Gasteiger partial charge in [-0.2, -0.15) is 0 Å². The number of halogens is 2. The van der Waals surface area contributed by atoms with E-state index in [0.717, 1.165) is 25.7 Å². The summed E-state index contributed by atoms with van der Waals surface area (Å²) in [5.41, 5.74) is 6.64. The van der Waals surface area contributed by atoms with Crippen molar-refractivity contribution in [3.05, 3.63) is 39.0 Å². The second kappa shape index (κ2) is 7.56. The van der Waals surface area contributed by atoms with Crippen LogP contribution >= 0.6 is 27.7 Å². The third-order valence-corrected chi connectivity index (χ3v) is 6.34. The van der Waals surface area contributed by atoms with Gasteiger partial charge in [0.05, 0.1) is 10.2 Å². The zero-order valence-electron chi connectivity index (χ0n) is 14.0. The summed E-state index contributed by atoms with van der Waals surface area (Å²) in [6.45, 7) is 0. The third kappa shape index (κ3) is 3.71. The van der Waals surface area contributed by atoms with Crippen LogP contribution in [0.25, 0.3) is 17.2 Å². The summed E-state index contributed by atoms with van der Waals surface area (Å²) in [5, 5.41) is 12.6. The summed E-state index contributed by atoms with van der Waals surface area (Å²) < 4.78 is 24.7. The van der Waals surface area contributed by atoms with E-state index in [2.05, 4.69) is 31.4 Å². The number of rotatable bonds is 4. The molecule has 2 heterocycles. The largest absolute Gasteiger partial charge is 0.446 e. The first-order chi connectivity index (χ1) is 13.0. The standard InChI is InChI=1S/C16H15BrFN5O3S/c17-11-7-9(3-6-12(11)18)23-14(21-25-16(23)24)13-15(22-26-20-13)27-10-4-1-8(19)2-5-10/h3,6-8,10H,1-2,4-5,19H2/t8-,10-. The van der Waals surface area contributed by atoms with Crippen molar-refractivity contribution in [2.45, 2.75) is 42.0 Å². The Bertz CT molecular complexity index is 1010. The summed E-state index contributed by atoms with van der Waals surface area (Å²) in [6, 6.07) is 4.39. The summed E-state index contributed by atoms with van der Waals surface area (Å²) in [7, 11) is 0. The molecule has 1 aliphatic carbocycles. The molecule has 0 unspecified atom stereocenters. The van der Waals surface area contributed by atoms with Gasteiger partial charge in [0, 0.05) is 11.3 Å². The van der Waals surface area contributed by atoms with Gasteiger partial charge in [-0.25, -0.2) is 18.4 Å². The molecular formula is C16H15BrFN5O3S. The lowest BCUT2D eigenvalue weighted by Gasteiger charge is -2.24. The van der Waals surface area contributed by atoms with Crippen molar-refractivity contribution in [1.82, 2.24) is 20.0 Å². The predicted octanol–water partition coefficient (Wildman–Crippen LogP) is 3.14. The summed E-state index contributed by atoms with van der Waals surface area (Å²) >= 11 is 4.64. The number of nitrogens with two attached hydrogens (primary N) is 1. The Morgan fingerprint density at radius 3 is 2.74 bits per heavy atom. The van der Waals surface area contributed by atoms with E-state index in [1.54, 1.807) is 0 Å². The molecule has 0 radical (unpaired) electrons. The van der Waals surface area contributed by atoms with Crippen molar-refractivity contribution in [1.29, 1.82) is 0 Å². The van der Waals surface area contributed by atoms with Gasteiger partial charge in [0.25, 0.3) is 0 Å². The Hall–Kier alpha value is -1.98. The van der Waals surface area contributed by atoms with Crippen molar-refractivity contribution >= 4 is 27.7 Å². The van der Waals surface area contributed by atoms with Crippen LogP contribution in [0.1, 0.15) is 25.7 Å². The molecule has 2 N–H and O–H groups in total. The van der Waals surface area contributed by atoms with Crippen LogP contribution in [0.5, 0.6) is 0 Å². The third-order valence-electron chi connectivity index (χ3n) is 4.43. The average Bonchev–Trinajstić information content (AvgIpc) is 3.25. The highest BCUT2D eigenvalue weighted by atomic mass is 79.9. The molecule has 3 aromatic rings. The van der Waals surface area contributed by atoms with Gasteiger partial charge in [-0.3, -0.25) is 4.52 Å². The number of aromatic nitrogens is 4. The van der Waals surface area contributed by atoms with Crippen LogP contribution in [0.15, 0.2) is 41.6 Å². The van der Waals surface area contributed by atoms with Crippen molar-refractivity contribution in [2.75, 3.05) is 0 Å². The molecule has 0 saturated heterocycles. The maximum absolute atomic E-state index is 13.5. The maximum atomic E-state index is 13.5. The smallest absolute Gasteiger partial charge is 0.328 e. The molecule has 1 aromatic carbocycles. The Morgan fingerprint density at radius 1 is 1.22 bits per heavy atom. The van der Waals surface area contributed by atoms with Gasteiger partial charge in [0.15, 0.2) is 10.7 Å². The minimum absolute atomic E-state index is 0.148. The average molecular weight is 456 g/mol. The van der Waals surface area contributed by atoms with Crippen molar-refractivity contribution in [3.63, 3.8) is 0 Å². The molecule has 0 atom stereocenters. The first-order valence-corrected chi connectivity index (χ1v) is 9.99. The highest BCUT2D eigenvalue weighted by molar-refractivity contribution is 9.10. The number of benzene rings is 1. The van der Waals surface area contributed by atoms with Crippen LogP contribution < -0.4 is 11.5 Å². The number of hydrogen-bond acceptors (Lipinski definition) is 8. The first kappa shape index (κ1) is 18.4. The van der Waals surface area contributed by atoms with Gasteiger partial charge >= 0.3 is 5.76 Å². The van der Waals surface area contributed by atoms with Crippen LogP contribution in [0.4, 0.5) is 4.39 Å². The van der Waals surface area contributed by atoms with Crippen molar-refractivity contribution < 1.29 is 13.5 Å². The number of nitrogens with zero attached hydrogens (tertiary/aromatic N) is 4. The van der Waals surface area contributed by atoms with E-state index in [-0.39, 0.29) is 16.3 Å². The van der Waals surface area contributed by atoms with Crippen LogP contribution in [-0.2, 0) is 0 Å². The molecular weight excluding hydrogens is 441 g/mol. The lowest BCUT2D eigenvalue weighted by atomic mass is 9.96. The van der Waals surface area contributed by atoms with Crippen molar-refractivity contribution in [2.24, 2.45) is 5.73 Å². The van der Waals surface area contributed by atoms with Crippen LogP contribution in [0, 0.1) is 5.82 Å². The molecule has 0 bridgehead atoms. The molecule has 2 aromatic heterocycles. The van der Waals surface area contributed by atoms with Gasteiger partial charge in [-0.15, -0.1) is 0 Å². The van der Waals surface area contributed by atoms with Gasteiger partial charge in [0.2, 0.25) is 5.82 Å². The highest BCUT2D eigenvalue weighted by Crippen LogP contribution is 2.36. The van der Waals surface area contributed by atoms with E-state index < -0.39 is 11.6 Å². The number of thioether (sulfide) groups is 1. The molecule has 27 heavy (non-hydrogen) atoms. The van der Waals surface area contributed by atoms with Gasteiger partial charge in [-0.1, -0.05) is 16.9 Å². The van der Waals surface area contributed by atoms with E-state index in [0.29, 0.717) is 21.7 Å². The highest BCUT2D eigenvalue weighted by Gasteiger charge is 2.27. The van der Waals surface area contributed by atoms with Gasteiger partial charge in [-0.05, 0) is 70.1 Å². The topological polar surface area (TPSA) is 113 Å². The first-order valence-electron chi connectivity index (χ1n) is 8.32. The Kier molecular flexibility index (Phi) is 5.15. The van der Waals surface area contributed by atoms with E-state index in [9.17, 15) is 9.18 Å². The summed E-state index contributed by atoms with van der Waals surface area (Å²) in [5.74, 6) is -1.01. The summed E-state index contributed by atoms with van der Waals surface area (Å²) in [4.78, 5) is 12.2. The zero-order valence-corrected chi connectivity index (χ0v) is 16.4. The Balaban J connectivity index is 1.68. The second-order valence-corrected chi connectivity index (χ2v) is 8.42. The van der Waals surface area contributed by atoms with Crippen LogP contribution in [0.3, 0.4) is 0 Å². The van der Waals surface area contributed by atoms with Gasteiger partial charge in [0.1, 0.15) is 5.82 Å². The fraction of sp³-hybridized carbons (Fsp3) is 0.375. The molecule has 4 rings (SSSR count). The minimum atomic E-state index is -0.717. The molecule has 0 aliphatic heterocycles. The SMILES string of the molecule is N[C@H]1CC[C@H](Sc2nonc2-c2noc(=O)n2-c2ccc(F)c(Br)c2)CC1. The van der Waals surface area contributed by atoms with E-state index in [1.807, 2.05) is 0 Å². The monoisotopic (exact) mass is 455 g/mol. The fourth-order valence-corrected chi connectivity index (χ4v) is 4.52. The Morgan fingerprint density at radius 2 is 2.00 bits per heavy atom. The molecule has 0 amide bonds. The zero-order chi connectivity index (χ0) is 19.0. The maximum Gasteiger partial charge on any atom is 0.446 e. The van der Waals surface area contributed by atoms with E-state index >= 15 is 0 Å². The summed E-state index contributed by atoms with van der Waals surface area (Å²) in [6.07, 6.45) is 3.84. The minimum Gasteiger partial charge on any atom is -0.328 e. The normalized spacial score (nSPS) is 20.1. The molecule has 0 spiro atoms. The molecule has 1 saturated carbocycles. The van der Waals surface area contributed by atoms with Crippen LogP contribution in [0.2, 0.25) is 0 Å². The quantitative estimate of drug-likeness (QED) is 0.637. The lowest BCUT2D eigenvalue weighted by molar-refractivity contribution is 0.299. The fourth-order valence-electron chi connectivity index (χ4n) is 3.01. The molecule has 1 fully saturated rings. The molecule has 8 nitrogen and oxygen atoms in total. The van der Waals surface area contributed by atoms with Crippen molar-refractivity contribution in [3.8, 4) is 17.2 Å². The number of hydrogen-bond donors (Lipinski definition) is 1. The second-order valence-electron chi connectivity index (χ2n) is 6.28. The van der Waals surface area contributed by atoms with Gasteiger partial charge < -0.3 is 5.73 Å². The van der Waals surface area contributed by atoms with Crippen LogP contribution in [-0.4, -0.2) is 31.3 Å². The molecule has 11 heteroatoms. The Labute approximate surface area is 165 Å². The van der Waals surface area contributed by atoms with E-state index in [1.165, 1.54) is 34.5 Å².